The number of piperazine rings is 1. The molecule has 1 aliphatic rings. The third kappa shape index (κ3) is 2.56. The first-order valence-electron chi connectivity index (χ1n) is 6.05. The lowest BCUT2D eigenvalue weighted by atomic mass is 10.0. The first kappa shape index (κ1) is 11.5. The van der Waals surface area contributed by atoms with Crippen molar-refractivity contribution in [1.82, 2.24) is 5.32 Å². The van der Waals surface area contributed by atoms with Crippen LogP contribution >= 0.6 is 0 Å². The second-order valence-corrected chi connectivity index (χ2v) is 5.58. The lowest BCUT2D eigenvalue weighted by molar-refractivity contribution is 0.353. The van der Waals surface area contributed by atoms with Crippen LogP contribution in [0.4, 0.5) is 5.69 Å². The quantitative estimate of drug-likeness (QED) is 0.779. The van der Waals surface area contributed by atoms with E-state index in [1.54, 1.807) is 0 Å². The normalized spacial score (nSPS) is 19.9. The van der Waals surface area contributed by atoms with Crippen LogP contribution in [0.3, 0.4) is 0 Å². The van der Waals surface area contributed by atoms with Crippen LogP contribution in [0.25, 0.3) is 0 Å². The van der Waals surface area contributed by atoms with Gasteiger partial charge in [-0.2, -0.15) is 0 Å². The summed E-state index contributed by atoms with van der Waals surface area (Å²) in [5.41, 5.74) is 4.29. The topological polar surface area (TPSA) is 15.3 Å². The minimum Gasteiger partial charge on any atom is -0.368 e. The number of anilines is 1. The van der Waals surface area contributed by atoms with Gasteiger partial charge in [0.15, 0.2) is 0 Å². The smallest absolute Gasteiger partial charge is 0.0372 e. The summed E-state index contributed by atoms with van der Waals surface area (Å²) < 4.78 is 0. The molecule has 0 amide bonds. The van der Waals surface area contributed by atoms with Crippen molar-refractivity contribution >= 4 is 5.69 Å². The molecule has 2 heteroatoms. The Morgan fingerprint density at radius 3 is 2.31 bits per heavy atom. The minimum atomic E-state index is 0.218. The Balaban J connectivity index is 2.23. The van der Waals surface area contributed by atoms with E-state index in [4.69, 9.17) is 0 Å². The summed E-state index contributed by atoms with van der Waals surface area (Å²) in [6.07, 6.45) is 0. The van der Waals surface area contributed by atoms with Crippen LogP contribution in [0.15, 0.2) is 18.2 Å². The highest BCUT2D eigenvalue weighted by Gasteiger charge is 2.25. The third-order valence-corrected chi connectivity index (χ3v) is 3.14. The minimum absolute atomic E-state index is 0.218. The predicted octanol–water partition coefficient (Wildman–Crippen LogP) is 2.49. The zero-order valence-corrected chi connectivity index (χ0v) is 10.8. The van der Waals surface area contributed by atoms with Gasteiger partial charge >= 0.3 is 0 Å². The van der Waals surface area contributed by atoms with Crippen LogP contribution in [-0.4, -0.2) is 25.2 Å². The van der Waals surface area contributed by atoms with Crippen molar-refractivity contribution in [3.8, 4) is 0 Å². The number of benzene rings is 1. The fourth-order valence-electron chi connectivity index (χ4n) is 2.49. The molecule has 0 spiro atoms. The van der Waals surface area contributed by atoms with E-state index in [1.807, 2.05) is 0 Å². The fourth-order valence-corrected chi connectivity index (χ4v) is 2.49. The molecule has 16 heavy (non-hydrogen) atoms. The molecule has 1 N–H and O–H groups in total. The van der Waals surface area contributed by atoms with E-state index in [0.717, 1.165) is 19.6 Å². The molecule has 1 aromatic rings. The second-order valence-electron chi connectivity index (χ2n) is 5.58. The average Bonchev–Trinajstić information content (AvgIpc) is 2.14. The summed E-state index contributed by atoms with van der Waals surface area (Å²) in [7, 11) is 0. The Morgan fingerprint density at radius 2 is 1.75 bits per heavy atom. The van der Waals surface area contributed by atoms with Gasteiger partial charge in [0, 0.05) is 30.9 Å². The largest absolute Gasteiger partial charge is 0.368 e. The van der Waals surface area contributed by atoms with Crippen LogP contribution in [0.1, 0.15) is 25.0 Å². The van der Waals surface area contributed by atoms with E-state index in [-0.39, 0.29) is 5.54 Å². The van der Waals surface area contributed by atoms with E-state index in [1.165, 1.54) is 16.8 Å². The summed E-state index contributed by atoms with van der Waals surface area (Å²) in [4.78, 5) is 2.48. The molecule has 1 aromatic carbocycles. The maximum atomic E-state index is 3.55. The molecule has 1 heterocycles. The van der Waals surface area contributed by atoms with Crippen molar-refractivity contribution in [2.24, 2.45) is 0 Å². The zero-order chi connectivity index (χ0) is 11.8. The Bertz CT molecular complexity index is 362. The first-order chi connectivity index (χ1) is 7.46. The summed E-state index contributed by atoms with van der Waals surface area (Å²) in [6, 6.07) is 6.81. The SMILES string of the molecule is Cc1cc(C)cc(N2CCNC(C)(C)C2)c1. The number of nitrogens with zero attached hydrogens (tertiary/aromatic N) is 1. The van der Waals surface area contributed by atoms with Crippen molar-refractivity contribution in [3.63, 3.8) is 0 Å². The van der Waals surface area contributed by atoms with E-state index in [9.17, 15) is 0 Å². The van der Waals surface area contributed by atoms with Gasteiger partial charge in [-0.1, -0.05) is 6.07 Å². The van der Waals surface area contributed by atoms with Gasteiger partial charge in [0.05, 0.1) is 0 Å². The summed E-state index contributed by atoms with van der Waals surface area (Å²) in [5, 5.41) is 3.55. The Kier molecular flexibility index (Phi) is 2.94. The molecule has 0 radical (unpaired) electrons. The number of hydrogen-bond acceptors (Lipinski definition) is 2. The molecule has 0 saturated carbocycles. The number of rotatable bonds is 1. The molecule has 1 fully saturated rings. The van der Waals surface area contributed by atoms with Gasteiger partial charge in [-0.05, 0) is 51.0 Å². The van der Waals surface area contributed by atoms with Crippen molar-refractivity contribution in [1.29, 1.82) is 0 Å². The summed E-state index contributed by atoms with van der Waals surface area (Å²) in [6.45, 7) is 12.1. The third-order valence-electron chi connectivity index (χ3n) is 3.14. The molecular formula is C14H22N2. The first-order valence-corrected chi connectivity index (χ1v) is 6.05. The van der Waals surface area contributed by atoms with Crippen LogP contribution in [0.5, 0.6) is 0 Å². The number of nitrogens with one attached hydrogen (secondary N) is 1. The Morgan fingerprint density at radius 1 is 1.12 bits per heavy atom. The second kappa shape index (κ2) is 4.10. The molecule has 0 bridgehead atoms. The maximum Gasteiger partial charge on any atom is 0.0372 e. The highest BCUT2D eigenvalue weighted by atomic mass is 15.2. The van der Waals surface area contributed by atoms with E-state index >= 15 is 0 Å². The van der Waals surface area contributed by atoms with Crippen molar-refractivity contribution in [2.45, 2.75) is 33.2 Å². The Labute approximate surface area is 98.7 Å². The lowest BCUT2D eigenvalue weighted by Crippen LogP contribution is -2.57. The molecule has 0 aliphatic carbocycles. The van der Waals surface area contributed by atoms with Crippen molar-refractivity contribution in [3.05, 3.63) is 29.3 Å². The molecule has 1 saturated heterocycles. The average molecular weight is 218 g/mol. The molecule has 0 atom stereocenters. The van der Waals surface area contributed by atoms with E-state index < -0.39 is 0 Å². The van der Waals surface area contributed by atoms with Gasteiger partial charge < -0.3 is 10.2 Å². The molecule has 0 aromatic heterocycles. The van der Waals surface area contributed by atoms with Crippen molar-refractivity contribution in [2.75, 3.05) is 24.5 Å². The highest BCUT2D eigenvalue weighted by molar-refractivity contribution is 5.51. The van der Waals surface area contributed by atoms with E-state index in [0.29, 0.717) is 0 Å². The van der Waals surface area contributed by atoms with Crippen LogP contribution in [0.2, 0.25) is 0 Å². The molecule has 0 unspecified atom stereocenters. The van der Waals surface area contributed by atoms with Crippen LogP contribution in [-0.2, 0) is 0 Å². The zero-order valence-electron chi connectivity index (χ0n) is 10.8. The fraction of sp³-hybridized carbons (Fsp3) is 0.571. The molecule has 2 rings (SSSR count). The van der Waals surface area contributed by atoms with Gasteiger partial charge in [0.2, 0.25) is 0 Å². The Hall–Kier alpha value is -1.02. The lowest BCUT2D eigenvalue weighted by Gasteiger charge is -2.40. The standard InChI is InChI=1S/C14H22N2/c1-11-7-12(2)9-13(8-11)16-6-5-15-14(3,4)10-16/h7-9,15H,5-6,10H2,1-4H3. The number of aryl methyl sites for hydroxylation is 2. The summed E-state index contributed by atoms with van der Waals surface area (Å²) in [5.74, 6) is 0. The molecule has 88 valence electrons. The maximum absolute atomic E-state index is 3.55. The van der Waals surface area contributed by atoms with Gasteiger partial charge in [-0.15, -0.1) is 0 Å². The number of hydrogen-bond donors (Lipinski definition) is 1. The summed E-state index contributed by atoms with van der Waals surface area (Å²) >= 11 is 0. The molecule has 1 aliphatic heterocycles. The van der Waals surface area contributed by atoms with Crippen molar-refractivity contribution < 1.29 is 0 Å². The predicted molar refractivity (Wildman–Crippen MR) is 70.2 cm³/mol. The highest BCUT2D eigenvalue weighted by Crippen LogP contribution is 2.22. The van der Waals surface area contributed by atoms with Crippen LogP contribution in [0, 0.1) is 13.8 Å². The molecule has 2 nitrogen and oxygen atoms in total. The van der Waals surface area contributed by atoms with Crippen LogP contribution < -0.4 is 10.2 Å². The van der Waals surface area contributed by atoms with Gasteiger partial charge in [-0.25, -0.2) is 0 Å². The monoisotopic (exact) mass is 218 g/mol. The van der Waals surface area contributed by atoms with Gasteiger partial charge in [-0.3, -0.25) is 0 Å². The molecular weight excluding hydrogens is 196 g/mol. The van der Waals surface area contributed by atoms with E-state index in [2.05, 4.69) is 56.1 Å². The van der Waals surface area contributed by atoms with Gasteiger partial charge in [0.25, 0.3) is 0 Å². The van der Waals surface area contributed by atoms with Gasteiger partial charge in [0.1, 0.15) is 0 Å².